The lowest BCUT2D eigenvalue weighted by atomic mass is 9.82. The molecule has 3 atom stereocenters. The number of guanidine groups is 1. The summed E-state index contributed by atoms with van der Waals surface area (Å²) < 4.78 is 5.65. The lowest BCUT2D eigenvalue weighted by Crippen LogP contribution is -2.41. The number of nitrogens with zero attached hydrogens (tertiary/aromatic N) is 2. The predicted octanol–water partition coefficient (Wildman–Crippen LogP) is 2.89. The Morgan fingerprint density at radius 3 is 3.00 bits per heavy atom. The van der Waals surface area contributed by atoms with Crippen LogP contribution in [0.15, 0.2) is 4.99 Å². The molecule has 1 saturated carbocycles. The molecule has 0 amide bonds. The normalized spacial score (nSPS) is 36.3. The first-order valence-corrected chi connectivity index (χ1v) is 9.32. The van der Waals surface area contributed by atoms with Crippen molar-refractivity contribution in [1.82, 2.24) is 10.2 Å². The van der Waals surface area contributed by atoms with Crippen LogP contribution in [0.1, 0.15) is 52.4 Å². The molecule has 3 aliphatic rings. The van der Waals surface area contributed by atoms with Gasteiger partial charge in [0.25, 0.3) is 0 Å². The average Bonchev–Trinajstić information content (AvgIpc) is 3.14. The monoisotopic (exact) mass is 307 g/mol. The first-order valence-electron chi connectivity index (χ1n) is 9.32. The molecule has 0 bridgehead atoms. The van der Waals surface area contributed by atoms with E-state index in [4.69, 9.17) is 9.73 Å². The van der Waals surface area contributed by atoms with E-state index in [1.165, 1.54) is 38.5 Å². The third-order valence-corrected chi connectivity index (χ3v) is 5.80. The zero-order chi connectivity index (χ0) is 15.4. The van der Waals surface area contributed by atoms with Gasteiger partial charge in [-0.15, -0.1) is 0 Å². The third-order valence-electron chi connectivity index (χ3n) is 5.80. The molecule has 3 unspecified atom stereocenters. The van der Waals surface area contributed by atoms with Gasteiger partial charge in [-0.25, -0.2) is 0 Å². The van der Waals surface area contributed by atoms with E-state index >= 15 is 0 Å². The maximum atomic E-state index is 5.65. The average molecular weight is 307 g/mol. The van der Waals surface area contributed by atoms with Crippen LogP contribution in [0.3, 0.4) is 0 Å². The van der Waals surface area contributed by atoms with Crippen molar-refractivity contribution in [3.05, 3.63) is 0 Å². The van der Waals surface area contributed by atoms with Crippen LogP contribution in [0.4, 0.5) is 0 Å². The molecule has 4 heteroatoms. The summed E-state index contributed by atoms with van der Waals surface area (Å²) in [5, 5.41) is 3.52. The van der Waals surface area contributed by atoms with Gasteiger partial charge < -0.3 is 15.0 Å². The van der Waals surface area contributed by atoms with E-state index in [0.717, 1.165) is 57.2 Å². The summed E-state index contributed by atoms with van der Waals surface area (Å²) in [5.41, 5.74) is 0.412. The van der Waals surface area contributed by atoms with Crippen LogP contribution in [0.25, 0.3) is 0 Å². The summed E-state index contributed by atoms with van der Waals surface area (Å²) in [6.45, 7) is 10.7. The molecule has 2 heterocycles. The molecule has 0 aromatic heterocycles. The minimum Gasteiger partial charge on any atom is -0.381 e. The van der Waals surface area contributed by atoms with Gasteiger partial charge in [-0.2, -0.15) is 0 Å². The van der Waals surface area contributed by atoms with Gasteiger partial charge in [0, 0.05) is 38.2 Å². The third kappa shape index (κ3) is 3.76. The predicted molar refractivity (Wildman–Crippen MR) is 91.2 cm³/mol. The molecular weight excluding hydrogens is 274 g/mol. The summed E-state index contributed by atoms with van der Waals surface area (Å²) >= 11 is 0. The van der Waals surface area contributed by atoms with Crippen molar-refractivity contribution >= 4 is 5.96 Å². The number of hydrogen-bond donors (Lipinski definition) is 1. The molecule has 22 heavy (non-hydrogen) atoms. The smallest absolute Gasteiger partial charge is 0.193 e. The van der Waals surface area contributed by atoms with Crippen molar-refractivity contribution in [2.45, 2.75) is 52.4 Å². The largest absolute Gasteiger partial charge is 0.381 e. The topological polar surface area (TPSA) is 36.9 Å². The highest BCUT2D eigenvalue weighted by atomic mass is 16.5. The number of rotatable bonds is 3. The van der Waals surface area contributed by atoms with Gasteiger partial charge in [-0.05, 0) is 44.4 Å². The molecule has 1 spiro atoms. The molecular formula is C18H33N3O. The van der Waals surface area contributed by atoms with E-state index in [0.29, 0.717) is 5.41 Å². The molecule has 2 aliphatic heterocycles. The lowest BCUT2D eigenvalue weighted by Gasteiger charge is -2.27. The fourth-order valence-corrected chi connectivity index (χ4v) is 4.45. The Bertz CT molecular complexity index is 390. The van der Waals surface area contributed by atoms with Crippen LogP contribution in [0.5, 0.6) is 0 Å². The zero-order valence-electron chi connectivity index (χ0n) is 14.4. The molecule has 1 N–H and O–H groups in total. The van der Waals surface area contributed by atoms with E-state index in [9.17, 15) is 0 Å². The van der Waals surface area contributed by atoms with Crippen LogP contribution >= 0.6 is 0 Å². The van der Waals surface area contributed by atoms with Gasteiger partial charge in [0.05, 0.1) is 6.61 Å². The van der Waals surface area contributed by atoms with Gasteiger partial charge in [0.1, 0.15) is 0 Å². The Balaban J connectivity index is 1.58. The van der Waals surface area contributed by atoms with E-state index < -0.39 is 0 Å². The first kappa shape index (κ1) is 16.1. The second-order valence-electron chi connectivity index (χ2n) is 7.81. The van der Waals surface area contributed by atoms with Crippen LogP contribution in [0, 0.1) is 17.3 Å². The molecule has 4 nitrogen and oxygen atoms in total. The second-order valence-corrected chi connectivity index (χ2v) is 7.81. The maximum absolute atomic E-state index is 5.65. The highest BCUT2D eigenvalue weighted by Gasteiger charge is 2.42. The van der Waals surface area contributed by atoms with Gasteiger partial charge in [-0.3, -0.25) is 4.99 Å². The highest BCUT2D eigenvalue weighted by Crippen LogP contribution is 2.38. The van der Waals surface area contributed by atoms with Gasteiger partial charge in [-0.1, -0.05) is 19.8 Å². The number of nitrogens with one attached hydrogen (secondary N) is 1. The summed E-state index contributed by atoms with van der Waals surface area (Å²) in [4.78, 5) is 7.48. The van der Waals surface area contributed by atoms with Crippen molar-refractivity contribution in [2.24, 2.45) is 22.2 Å². The number of likely N-dealkylation sites (tertiary alicyclic amines) is 1. The number of hydrogen-bond acceptors (Lipinski definition) is 2. The van der Waals surface area contributed by atoms with Crippen molar-refractivity contribution in [1.29, 1.82) is 0 Å². The van der Waals surface area contributed by atoms with Crippen LogP contribution in [0.2, 0.25) is 0 Å². The number of aliphatic imine (C=N–C) groups is 1. The van der Waals surface area contributed by atoms with E-state index in [1.54, 1.807) is 0 Å². The molecule has 0 aromatic rings. The standard InChI is InChI=1S/C18H33N3O/c1-3-19-17(20-12-16-6-4-5-15(2)11-16)21-9-7-18(13-21)8-10-22-14-18/h15-16H,3-14H2,1-2H3,(H,19,20). The molecule has 126 valence electrons. The Labute approximate surface area is 135 Å². The summed E-state index contributed by atoms with van der Waals surface area (Å²) in [5.74, 6) is 2.83. The van der Waals surface area contributed by atoms with Gasteiger partial charge in [0.2, 0.25) is 0 Å². The van der Waals surface area contributed by atoms with Crippen molar-refractivity contribution < 1.29 is 4.74 Å². The summed E-state index contributed by atoms with van der Waals surface area (Å²) in [6, 6.07) is 0. The highest BCUT2D eigenvalue weighted by molar-refractivity contribution is 5.80. The SMILES string of the molecule is CCNC(=NCC1CCCC(C)C1)N1CCC2(CCOC2)C1. The molecule has 2 saturated heterocycles. The maximum Gasteiger partial charge on any atom is 0.193 e. The Morgan fingerprint density at radius 1 is 1.36 bits per heavy atom. The zero-order valence-corrected chi connectivity index (χ0v) is 14.4. The van der Waals surface area contributed by atoms with Crippen molar-refractivity contribution in [2.75, 3.05) is 39.4 Å². The van der Waals surface area contributed by atoms with Gasteiger partial charge in [0.15, 0.2) is 5.96 Å². The molecule has 3 fully saturated rings. The minimum atomic E-state index is 0.412. The summed E-state index contributed by atoms with van der Waals surface area (Å²) in [7, 11) is 0. The molecule has 1 aliphatic carbocycles. The van der Waals surface area contributed by atoms with E-state index in [1.807, 2.05) is 0 Å². The van der Waals surface area contributed by atoms with Crippen LogP contribution in [-0.2, 0) is 4.74 Å². The second kappa shape index (κ2) is 7.20. The fraction of sp³-hybridized carbons (Fsp3) is 0.944. The van der Waals surface area contributed by atoms with Crippen LogP contribution < -0.4 is 5.32 Å². The van der Waals surface area contributed by atoms with Crippen LogP contribution in [-0.4, -0.2) is 50.3 Å². The van der Waals surface area contributed by atoms with Gasteiger partial charge >= 0.3 is 0 Å². The minimum absolute atomic E-state index is 0.412. The quantitative estimate of drug-likeness (QED) is 0.643. The summed E-state index contributed by atoms with van der Waals surface area (Å²) in [6.07, 6.45) is 8.02. The Hall–Kier alpha value is -0.770. The molecule has 3 rings (SSSR count). The fourth-order valence-electron chi connectivity index (χ4n) is 4.45. The van der Waals surface area contributed by atoms with Crippen molar-refractivity contribution in [3.63, 3.8) is 0 Å². The first-order chi connectivity index (χ1) is 10.7. The van der Waals surface area contributed by atoms with E-state index in [2.05, 4.69) is 24.1 Å². The molecule has 0 radical (unpaired) electrons. The lowest BCUT2D eigenvalue weighted by molar-refractivity contribution is 0.156. The molecule has 0 aromatic carbocycles. The Morgan fingerprint density at radius 2 is 2.27 bits per heavy atom. The van der Waals surface area contributed by atoms with E-state index in [-0.39, 0.29) is 0 Å². The Kier molecular flexibility index (Phi) is 5.27. The number of ether oxygens (including phenoxy) is 1. The van der Waals surface area contributed by atoms with Crippen molar-refractivity contribution in [3.8, 4) is 0 Å².